The topological polar surface area (TPSA) is 6.48 Å². The van der Waals surface area contributed by atoms with E-state index < -0.39 is 0 Å². The summed E-state index contributed by atoms with van der Waals surface area (Å²) in [6, 6.07) is 12.5. The minimum atomic E-state index is 0.797. The lowest BCUT2D eigenvalue weighted by atomic mass is 10.2. The quantitative estimate of drug-likeness (QED) is 0.783. The third-order valence-corrected chi connectivity index (χ3v) is 4.20. The lowest BCUT2D eigenvalue weighted by molar-refractivity contribution is 0.221. The van der Waals surface area contributed by atoms with Crippen molar-refractivity contribution in [3.8, 4) is 0 Å². The summed E-state index contributed by atoms with van der Waals surface area (Å²) in [6.45, 7) is 3.63. The van der Waals surface area contributed by atoms with Gasteiger partial charge >= 0.3 is 0 Å². The lowest BCUT2D eigenvalue weighted by Gasteiger charge is -2.24. The van der Waals surface area contributed by atoms with Gasteiger partial charge in [-0.15, -0.1) is 0 Å². The number of nitrogens with zero attached hydrogens (tertiary/aromatic N) is 2. The van der Waals surface area contributed by atoms with E-state index in [0.717, 1.165) is 18.6 Å². The largest absolute Gasteiger partial charge is 0.299 e. The highest BCUT2D eigenvalue weighted by atomic mass is 15.3. The predicted molar refractivity (Wildman–Crippen MR) is 70.9 cm³/mol. The Balaban J connectivity index is 1.53. The van der Waals surface area contributed by atoms with E-state index in [-0.39, 0.29) is 0 Å². The Kier molecular flexibility index (Phi) is 3.17. The molecule has 1 saturated heterocycles. The predicted octanol–water partition coefficient (Wildman–Crippen LogP) is 2.36. The van der Waals surface area contributed by atoms with Crippen molar-refractivity contribution < 1.29 is 0 Å². The van der Waals surface area contributed by atoms with Crippen molar-refractivity contribution >= 4 is 0 Å². The summed E-state index contributed by atoms with van der Waals surface area (Å²) in [6.07, 6.45) is 4.19. The molecule has 2 heteroatoms. The van der Waals surface area contributed by atoms with E-state index in [0.29, 0.717) is 0 Å². The molecule has 0 N–H and O–H groups in total. The Labute approximate surface area is 104 Å². The minimum Gasteiger partial charge on any atom is -0.299 e. The Bertz CT molecular complexity index is 358. The van der Waals surface area contributed by atoms with E-state index >= 15 is 0 Å². The molecule has 1 aromatic carbocycles. The van der Waals surface area contributed by atoms with Gasteiger partial charge in [-0.05, 0) is 31.9 Å². The zero-order valence-corrected chi connectivity index (χ0v) is 10.7. The number of likely N-dealkylation sites (tertiary alicyclic amines) is 1. The first-order valence-corrected chi connectivity index (χ1v) is 6.81. The van der Waals surface area contributed by atoms with E-state index in [4.69, 9.17) is 0 Å². The second-order valence-electron chi connectivity index (χ2n) is 5.56. The van der Waals surface area contributed by atoms with Crippen LogP contribution in [-0.2, 0) is 6.54 Å². The lowest BCUT2D eigenvalue weighted by Crippen LogP contribution is -2.35. The van der Waals surface area contributed by atoms with Gasteiger partial charge in [0.05, 0.1) is 0 Å². The molecule has 1 saturated carbocycles. The highest BCUT2D eigenvalue weighted by molar-refractivity contribution is 5.14. The standard InChI is InChI=1S/C15H22N2/c1-16(14-7-8-14)15-9-10-17(12-15)11-13-5-3-2-4-6-13/h2-6,14-15H,7-12H2,1H3/t15-/m0/s1. The molecule has 0 bridgehead atoms. The molecule has 0 aromatic heterocycles. The van der Waals surface area contributed by atoms with Crippen molar-refractivity contribution in [2.45, 2.75) is 37.9 Å². The van der Waals surface area contributed by atoms with Crippen LogP contribution in [0.3, 0.4) is 0 Å². The summed E-state index contributed by atoms with van der Waals surface area (Å²) in [5, 5.41) is 0. The summed E-state index contributed by atoms with van der Waals surface area (Å²) in [5.74, 6) is 0. The van der Waals surface area contributed by atoms with Gasteiger partial charge in [0.2, 0.25) is 0 Å². The van der Waals surface area contributed by atoms with Crippen molar-refractivity contribution in [1.29, 1.82) is 0 Å². The molecule has 1 aromatic rings. The molecule has 1 aliphatic carbocycles. The van der Waals surface area contributed by atoms with Gasteiger partial charge in [0.25, 0.3) is 0 Å². The van der Waals surface area contributed by atoms with E-state index in [1.54, 1.807) is 0 Å². The maximum Gasteiger partial charge on any atom is 0.0235 e. The SMILES string of the molecule is CN(C1CC1)[C@H]1CCN(Cc2ccccc2)C1. The van der Waals surface area contributed by atoms with E-state index in [1.165, 1.54) is 37.9 Å². The third kappa shape index (κ3) is 2.70. The number of hydrogen-bond donors (Lipinski definition) is 0. The first-order chi connectivity index (χ1) is 8.33. The third-order valence-electron chi connectivity index (χ3n) is 4.20. The van der Waals surface area contributed by atoms with Crippen LogP contribution in [0, 0.1) is 0 Å². The van der Waals surface area contributed by atoms with Crippen LogP contribution < -0.4 is 0 Å². The Morgan fingerprint density at radius 3 is 2.59 bits per heavy atom. The van der Waals surface area contributed by atoms with E-state index in [2.05, 4.69) is 47.2 Å². The van der Waals surface area contributed by atoms with Crippen LogP contribution in [0.15, 0.2) is 30.3 Å². The molecular weight excluding hydrogens is 208 g/mol. The molecule has 2 aliphatic rings. The molecule has 17 heavy (non-hydrogen) atoms. The zero-order valence-electron chi connectivity index (χ0n) is 10.7. The molecule has 1 atom stereocenters. The van der Waals surface area contributed by atoms with Gasteiger partial charge in [0.1, 0.15) is 0 Å². The van der Waals surface area contributed by atoms with Crippen molar-refractivity contribution in [1.82, 2.24) is 9.80 Å². The smallest absolute Gasteiger partial charge is 0.0235 e. The van der Waals surface area contributed by atoms with Gasteiger partial charge in [0, 0.05) is 31.7 Å². The molecule has 1 aliphatic heterocycles. The second kappa shape index (κ2) is 4.79. The summed E-state index contributed by atoms with van der Waals surface area (Å²) >= 11 is 0. The fourth-order valence-electron chi connectivity index (χ4n) is 2.91. The maximum absolute atomic E-state index is 2.62. The molecule has 92 valence electrons. The molecule has 3 rings (SSSR count). The summed E-state index contributed by atoms with van der Waals surface area (Å²) in [5.41, 5.74) is 1.45. The minimum absolute atomic E-state index is 0.797. The highest BCUT2D eigenvalue weighted by Crippen LogP contribution is 2.30. The average molecular weight is 230 g/mol. The monoisotopic (exact) mass is 230 g/mol. The molecule has 2 fully saturated rings. The second-order valence-corrected chi connectivity index (χ2v) is 5.56. The van der Waals surface area contributed by atoms with Gasteiger partial charge in [-0.3, -0.25) is 9.80 Å². The maximum atomic E-state index is 2.62. The highest BCUT2D eigenvalue weighted by Gasteiger charge is 2.34. The van der Waals surface area contributed by atoms with Gasteiger partial charge in [0.15, 0.2) is 0 Å². The molecule has 0 spiro atoms. The van der Waals surface area contributed by atoms with E-state index in [1.807, 2.05) is 0 Å². The summed E-state index contributed by atoms with van der Waals surface area (Å²) in [4.78, 5) is 5.21. The van der Waals surface area contributed by atoms with Crippen LogP contribution in [0.2, 0.25) is 0 Å². The molecule has 0 unspecified atom stereocenters. The average Bonchev–Trinajstić information content (AvgIpc) is 3.11. The molecular formula is C15H22N2. The van der Waals surface area contributed by atoms with Crippen LogP contribution in [-0.4, -0.2) is 42.0 Å². The van der Waals surface area contributed by atoms with Crippen LogP contribution in [0.25, 0.3) is 0 Å². The summed E-state index contributed by atoms with van der Waals surface area (Å²) in [7, 11) is 2.31. The zero-order chi connectivity index (χ0) is 11.7. The molecule has 2 nitrogen and oxygen atoms in total. The van der Waals surface area contributed by atoms with Gasteiger partial charge in [-0.1, -0.05) is 30.3 Å². The van der Waals surface area contributed by atoms with Gasteiger partial charge in [-0.25, -0.2) is 0 Å². The van der Waals surface area contributed by atoms with Gasteiger partial charge < -0.3 is 0 Å². The molecule has 0 amide bonds. The Morgan fingerprint density at radius 2 is 1.88 bits per heavy atom. The number of likely N-dealkylation sites (N-methyl/N-ethyl adjacent to an activating group) is 1. The normalized spacial score (nSPS) is 25.6. The molecule has 0 radical (unpaired) electrons. The Hall–Kier alpha value is -0.860. The van der Waals surface area contributed by atoms with Crippen LogP contribution in [0.1, 0.15) is 24.8 Å². The van der Waals surface area contributed by atoms with Gasteiger partial charge in [-0.2, -0.15) is 0 Å². The first-order valence-electron chi connectivity index (χ1n) is 6.81. The first kappa shape index (κ1) is 11.2. The fourth-order valence-corrected chi connectivity index (χ4v) is 2.91. The van der Waals surface area contributed by atoms with Crippen molar-refractivity contribution in [2.24, 2.45) is 0 Å². The van der Waals surface area contributed by atoms with Crippen molar-refractivity contribution in [2.75, 3.05) is 20.1 Å². The fraction of sp³-hybridized carbons (Fsp3) is 0.600. The number of rotatable bonds is 4. The summed E-state index contributed by atoms with van der Waals surface area (Å²) < 4.78 is 0. The number of hydrogen-bond acceptors (Lipinski definition) is 2. The van der Waals surface area contributed by atoms with Crippen molar-refractivity contribution in [3.63, 3.8) is 0 Å². The van der Waals surface area contributed by atoms with E-state index in [9.17, 15) is 0 Å². The van der Waals surface area contributed by atoms with Crippen LogP contribution in [0.4, 0.5) is 0 Å². The van der Waals surface area contributed by atoms with Crippen molar-refractivity contribution in [3.05, 3.63) is 35.9 Å². The molecule has 1 heterocycles. The Morgan fingerprint density at radius 1 is 1.12 bits per heavy atom. The number of benzene rings is 1. The van der Waals surface area contributed by atoms with Crippen LogP contribution >= 0.6 is 0 Å². The van der Waals surface area contributed by atoms with Crippen LogP contribution in [0.5, 0.6) is 0 Å².